The van der Waals surface area contributed by atoms with Crippen molar-refractivity contribution in [3.63, 3.8) is 0 Å². The van der Waals surface area contributed by atoms with Gasteiger partial charge in [0, 0.05) is 12.1 Å². The number of amides is 1. The Balaban J connectivity index is 1.84. The third-order valence-electron chi connectivity index (χ3n) is 4.72. The summed E-state index contributed by atoms with van der Waals surface area (Å²) in [6.45, 7) is 6.41. The number of carbonyl (C=O) groups is 2. The van der Waals surface area contributed by atoms with Crippen LogP contribution in [0.4, 0.5) is 0 Å². The van der Waals surface area contributed by atoms with Gasteiger partial charge >= 0.3 is 5.97 Å². The molecule has 6 heteroatoms. The molecule has 0 aliphatic rings. The Morgan fingerprint density at radius 3 is 2.73 bits per heavy atom. The fourth-order valence-electron chi connectivity index (χ4n) is 3.36. The van der Waals surface area contributed by atoms with Gasteiger partial charge in [0.15, 0.2) is 4.80 Å². The average molecular weight is 417 g/mol. The summed E-state index contributed by atoms with van der Waals surface area (Å²) in [4.78, 5) is 30.1. The highest BCUT2D eigenvalue weighted by Gasteiger charge is 2.13. The van der Waals surface area contributed by atoms with Crippen molar-refractivity contribution >= 4 is 44.2 Å². The van der Waals surface area contributed by atoms with Crippen LogP contribution in [-0.4, -0.2) is 23.1 Å². The van der Waals surface area contributed by atoms with E-state index in [1.54, 1.807) is 31.2 Å². The Morgan fingerprint density at radius 2 is 1.93 bits per heavy atom. The first-order chi connectivity index (χ1) is 14.6. The van der Waals surface area contributed by atoms with Crippen LogP contribution in [0, 0.1) is 0 Å². The fraction of sp³-hybridized carbons (Fsp3) is 0.125. The minimum Gasteiger partial charge on any atom is -0.462 e. The fourth-order valence-corrected chi connectivity index (χ4v) is 4.44. The number of hydrogen-bond acceptors (Lipinski definition) is 4. The van der Waals surface area contributed by atoms with E-state index in [2.05, 4.69) is 11.6 Å². The van der Waals surface area contributed by atoms with Crippen LogP contribution >= 0.6 is 11.3 Å². The highest BCUT2D eigenvalue weighted by Crippen LogP contribution is 2.22. The van der Waals surface area contributed by atoms with Crippen LogP contribution in [0.1, 0.15) is 27.6 Å². The normalized spacial score (nSPS) is 11.7. The summed E-state index contributed by atoms with van der Waals surface area (Å²) >= 11 is 1.36. The van der Waals surface area contributed by atoms with E-state index in [4.69, 9.17) is 4.74 Å². The van der Waals surface area contributed by atoms with Crippen molar-refractivity contribution in [3.8, 4) is 0 Å². The quantitative estimate of drug-likeness (QED) is 0.341. The lowest BCUT2D eigenvalue weighted by molar-refractivity contribution is 0.0526. The van der Waals surface area contributed by atoms with Crippen molar-refractivity contribution in [2.24, 2.45) is 4.99 Å². The zero-order valence-corrected chi connectivity index (χ0v) is 17.3. The van der Waals surface area contributed by atoms with E-state index in [-0.39, 0.29) is 11.9 Å². The predicted octanol–water partition coefficient (Wildman–Crippen LogP) is 4.96. The molecule has 0 aliphatic carbocycles. The van der Waals surface area contributed by atoms with Crippen molar-refractivity contribution in [1.29, 1.82) is 0 Å². The number of ether oxygens (including phenoxy) is 1. The highest BCUT2D eigenvalue weighted by molar-refractivity contribution is 7.16. The molecule has 1 amide bonds. The molecule has 0 N–H and O–H groups in total. The van der Waals surface area contributed by atoms with Gasteiger partial charge in [-0.25, -0.2) is 4.79 Å². The van der Waals surface area contributed by atoms with E-state index in [0.717, 1.165) is 21.0 Å². The monoisotopic (exact) mass is 416 g/mol. The Labute approximate surface area is 177 Å². The molecule has 3 aromatic carbocycles. The summed E-state index contributed by atoms with van der Waals surface area (Å²) in [5.41, 5.74) is 1.92. The molecule has 150 valence electrons. The van der Waals surface area contributed by atoms with Gasteiger partial charge < -0.3 is 9.30 Å². The first kappa shape index (κ1) is 19.8. The van der Waals surface area contributed by atoms with Crippen LogP contribution in [-0.2, 0) is 11.3 Å². The van der Waals surface area contributed by atoms with Gasteiger partial charge in [0.2, 0.25) is 0 Å². The van der Waals surface area contributed by atoms with Gasteiger partial charge in [-0.1, -0.05) is 53.8 Å². The number of fused-ring (bicyclic) bond motifs is 2. The second-order valence-corrected chi connectivity index (χ2v) is 7.64. The van der Waals surface area contributed by atoms with E-state index in [9.17, 15) is 9.59 Å². The maximum atomic E-state index is 13.0. The first-order valence-electron chi connectivity index (χ1n) is 9.60. The number of rotatable bonds is 5. The molecule has 0 saturated carbocycles. The van der Waals surface area contributed by atoms with Crippen LogP contribution in [0.15, 0.2) is 78.3 Å². The van der Waals surface area contributed by atoms with Crippen molar-refractivity contribution in [2.75, 3.05) is 6.61 Å². The third kappa shape index (κ3) is 3.69. The summed E-state index contributed by atoms with van der Waals surface area (Å²) < 4.78 is 7.87. The van der Waals surface area contributed by atoms with Crippen LogP contribution in [0.2, 0.25) is 0 Å². The maximum absolute atomic E-state index is 13.0. The Bertz CT molecular complexity index is 1340. The number of benzene rings is 3. The number of carbonyl (C=O) groups excluding carboxylic acids is 2. The first-order valence-corrected chi connectivity index (χ1v) is 10.4. The van der Waals surface area contributed by atoms with Crippen molar-refractivity contribution in [1.82, 2.24) is 4.57 Å². The van der Waals surface area contributed by atoms with Crippen LogP contribution < -0.4 is 4.80 Å². The van der Waals surface area contributed by atoms with Crippen LogP contribution in [0.3, 0.4) is 0 Å². The molecule has 4 aromatic rings. The minimum atomic E-state index is -0.367. The molecule has 0 fully saturated rings. The Kier molecular flexibility index (Phi) is 5.59. The number of nitrogens with zero attached hydrogens (tertiary/aromatic N) is 2. The van der Waals surface area contributed by atoms with E-state index >= 15 is 0 Å². The zero-order valence-electron chi connectivity index (χ0n) is 16.5. The van der Waals surface area contributed by atoms with E-state index in [0.29, 0.717) is 29.1 Å². The van der Waals surface area contributed by atoms with Gasteiger partial charge in [-0.05, 0) is 42.0 Å². The lowest BCUT2D eigenvalue weighted by Crippen LogP contribution is -2.16. The molecule has 0 aliphatic heterocycles. The molecule has 30 heavy (non-hydrogen) atoms. The molecule has 5 nitrogen and oxygen atoms in total. The second kappa shape index (κ2) is 8.47. The SMILES string of the molecule is C=CCn1c(=NC(=O)c2cccc3ccccc23)sc2cc(C(=O)OCC)ccc21. The highest BCUT2D eigenvalue weighted by atomic mass is 32.1. The number of hydrogen-bond donors (Lipinski definition) is 0. The van der Waals surface area contributed by atoms with E-state index in [1.165, 1.54) is 11.3 Å². The predicted molar refractivity (Wildman–Crippen MR) is 120 cm³/mol. The van der Waals surface area contributed by atoms with Gasteiger partial charge in [0.1, 0.15) is 0 Å². The number of aromatic nitrogens is 1. The van der Waals surface area contributed by atoms with Crippen molar-refractivity contribution < 1.29 is 14.3 Å². The number of allylic oxidation sites excluding steroid dienone is 1. The summed E-state index contributed by atoms with van der Waals surface area (Å²) in [7, 11) is 0. The molecule has 1 heterocycles. The molecule has 0 atom stereocenters. The van der Waals surface area contributed by atoms with Crippen LogP contribution in [0.25, 0.3) is 21.0 Å². The van der Waals surface area contributed by atoms with Gasteiger partial charge in [0.05, 0.1) is 22.4 Å². The third-order valence-corrected chi connectivity index (χ3v) is 5.76. The maximum Gasteiger partial charge on any atom is 0.338 e. The average Bonchev–Trinajstić information content (AvgIpc) is 3.10. The molecule has 0 bridgehead atoms. The zero-order chi connectivity index (χ0) is 21.1. The molecular weight excluding hydrogens is 396 g/mol. The van der Waals surface area contributed by atoms with Gasteiger partial charge in [-0.3, -0.25) is 4.79 Å². The lowest BCUT2D eigenvalue weighted by atomic mass is 10.0. The minimum absolute atomic E-state index is 0.304. The standard InChI is InChI=1S/C24H20N2O3S/c1-3-14-26-20-13-12-17(23(28)29-4-2)15-21(20)30-24(26)25-22(27)19-11-7-9-16-8-5-6-10-18(16)19/h3,5-13,15H,1,4,14H2,2H3. The molecule has 0 radical (unpaired) electrons. The van der Waals surface area contributed by atoms with Crippen LogP contribution in [0.5, 0.6) is 0 Å². The molecule has 1 aromatic heterocycles. The topological polar surface area (TPSA) is 60.7 Å². The largest absolute Gasteiger partial charge is 0.462 e. The number of esters is 1. The van der Waals surface area contributed by atoms with Crippen molar-refractivity contribution in [2.45, 2.75) is 13.5 Å². The van der Waals surface area contributed by atoms with Crippen molar-refractivity contribution in [3.05, 3.63) is 89.2 Å². The molecule has 0 saturated heterocycles. The number of thiazole rings is 1. The molecular formula is C24H20N2O3S. The summed E-state index contributed by atoms with van der Waals surface area (Å²) in [6.07, 6.45) is 1.76. The smallest absolute Gasteiger partial charge is 0.338 e. The molecule has 0 spiro atoms. The Hall–Kier alpha value is -3.51. The second-order valence-electron chi connectivity index (χ2n) is 6.63. The van der Waals surface area contributed by atoms with Gasteiger partial charge in [-0.15, -0.1) is 6.58 Å². The van der Waals surface area contributed by atoms with Gasteiger partial charge in [0.25, 0.3) is 5.91 Å². The summed E-state index contributed by atoms with van der Waals surface area (Å²) in [5.74, 6) is -0.671. The Morgan fingerprint density at radius 1 is 1.13 bits per heavy atom. The molecule has 0 unspecified atom stereocenters. The van der Waals surface area contributed by atoms with Gasteiger partial charge in [-0.2, -0.15) is 4.99 Å². The molecule has 4 rings (SSSR count). The summed E-state index contributed by atoms with van der Waals surface area (Å²) in [5, 5.41) is 1.86. The summed E-state index contributed by atoms with van der Waals surface area (Å²) in [6, 6.07) is 18.7. The van der Waals surface area contributed by atoms with E-state index in [1.807, 2.05) is 47.0 Å². The van der Waals surface area contributed by atoms with E-state index < -0.39 is 0 Å². The lowest BCUT2D eigenvalue weighted by Gasteiger charge is -2.04.